The van der Waals surface area contributed by atoms with Gasteiger partial charge in [0, 0.05) is 6.21 Å². The lowest BCUT2D eigenvalue weighted by Gasteiger charge is -2.00. The highest BCUT2D eigenvalue weighted by Crippen LogP contribution is 2.11. The van der Waals surface area contributed by atoms with Crippen molar-refractivity contribution < 1.29 is 4.74 Å². The molecule has 2 nitrogen and oxygen atoms in total. The minimum Gasteiger partial charge on any atom is -0.497 e. The molecule has 0 fully saturated rings. The molecule has 0 bridgehead atoms. The predicted octanol–water partition coefficient (Wildman–Crippen LogP) is 3.31. The fraction of sp³-hybridized carbons (Fsp3) is 0.133. The Hall–Kier alpha value is -2.09. The van der Waals surface area contributed by atoms with Gasteiger partial charge in [0.1, 0.15) is 5.75 Å². The van der Waals surface area contributed by atoms with Crippen molar-refractivity contribution in [2.24, 2.45) is 4.99 Å². The number of ether oxygens (including phenoxy) is 1. The topological polar surface area (TPSA) is 21.6 Å². The van der Waals surface area contributed by atoms with E-state index in [0.717, 1.165) is 11.3 Å². The Balaban J connectivity index is 1.95. The zero-order chi connectivity index (χ0) is 11.9. The summed E-state index contributed by atoms with van der Waals surface area (Å²) < 4.78 is 5.10. The second-order valence-electron chi connectivity index (χ2n) is 3.73. The average molecular weight is 225 g/mol. The fourth-order valence-corrected chi connectivity index (χ4v) is 1.53. The Bertz CT molecular complexity index is 474. The average Bonchev–Trinajstić information content (AvgIpc) is 2.41. The van der Waals surface area contributed by atoms with Crippen molar-refractivity contribution in [3.63, 3.8) is 0 Å². The van der Waals surface area contributed by atoms with Crippen LogP contribution in [0.3, 0.4) is 0 Å². The van der Waals surface area contributed by atoms with E-state index in [4.69, 9.17) is 4.74 Å². The monoisotopic (exact) mass is 225 g/mol. The molecule has 0 spiro atoms. The van der Waals surface area contributed by atoms with Crippen molar-refractivity contribution in [2.45, 2.75) is 6.54 Å². The summed E-state index contributed by atoms with van der Waals surface area (Å²) in [7, 11) is 1.67. The fourth-order valence-electron chi connectivity index (χ4n) is 1.53. The van der Waals surface area contributed by atoms with Crippen LogP contribution in [0.15, 0.2) is 59.6 Å². The maximum atomic E-state index is 5.10. The third-order valence-electron chi connectivity index (χ3n) is 2.47. The summed E-state index contributed by atoms with van der Waals surface area (Å²) in [6, 6.07) is 18.1. The van der Waals surface area contributed by atoms with E-state index in [0.29, 0.717) is 6.54 Å². The largest absolute Gasteiger partial charge is 0.497 e. The van der Waals surface area contributed by atoms with Crippen LogP contribution in [0.1, 0.15) is 11.1 Å². The summed E-state index contributed by atoms with van der Waals surface area (Å²) in [6.45, 7) is 0.693. The lowest BCUT2D eigenvalue weighted by molar-refractivity contribution is 0.414. The van der Waals surface area contributed by atoms with E-state index in [2.05, 4.69) is 4.99 Å². The zero-order valence-corrected chi connectivity index (χ0v) is 9.84. The summed E-state index contributed by atoms with van der Waals surface area (Å²) in [5.74, 6) is 0.876. The summed E-state index contributed by atoms with van der Waals surface area (Å²) in [4.78, 5) is 4.40. The summed E-state index contributed by atoms with van der Waals surface area (Å²) in [5.41, 5.74) is 2.30. The van der Waals surface area contributed by atoms with Gasteiger partial charge in [0.25, 0.3) is 0 Å². The minimum atomic E-state index is 0.693. The van der Waals surface area contributed by atoms with Gasteiger partial charge in [-0.15, -0.1) is 0 Å². The molecule has 0 amide bonds. The molecule has 2 rings (SSSR count). The van der Waals surface area contributed by atoms with Crippen LogP contribution in [0.4, 0.5) is 0 Å². The van der Waals surface area contributed by atoms with Crippen LogP contribution in [0.25, 0.3) is 0 Å². The number of hydrogen-bond acceptors (Lipinski definition) is 2. The van der Waals surface area contributed by atoms with Crippen LogP contribution < -0.4 is 4.74 Å². The summed E-state index contributed by atoms with van der Waals surface area (Å²) in [6.07, 6.45) is 1.89. The number of hydrogen-bond donors (Lipinski definition) is 0. The van der Waals surface area contributed by atoms with Gasteiger partial charge in [-0.2, -0.15) is 0 Å². The molecule has 86 valence electrons. The second-order valence-corrected chi connectivity index (χ2v) is 3.73. The first kappa shape index (κ1) is 11.4. The molecule has 0 heterocycles. The van der Waals surface area contributed by atoms with Gasteiger partial charge in [0.15, 0.2) is 0 Å². The Kier molecular flexibility index (Phi) is 3.92. The summed E-state index contributed by atoms with van der Waals surface area (Å²) in [5, 5.41) is 0. The molecule has 0 N–H and O–H groups in total. The van der Waals surface area contributed by atoms with Gasteiger partial charge in [-0.3, -0.25) is 4.99 Å². The van der Waals surface area contributed by atoms with Gasteiger partial charge in [0.05, 0.1) is 13.7 Å². The normalized spacial score (nSPS) is 10.6. The Morgan fingerprint density at radius 3 is 2.35 bits per heavy atom. The first-order chi connectivity index (χ1) is 8.38. The van der Waals surface area contributed by atoms with Crippen molar-refractivity contribution in [3.05, 3.63) is 65.7 Å². The van der Waals surface area contributed by atoms with Crippen LogP contribution in [-0.4, -0.2) is 13.3 Å². The van der Waals surface area contributed by atoms with Gasteiger partial charge in [0.2, 0.25) is 0 Å². The lowest BCUT2D eigenvalue weighted by Crippen LogP contribution is -1.86. The Morgan fingerprint density at radius 2 is 1.71 bits per heavy atom. The number of aliphatic imine (C=N–C) groups is 1. The molecule has 0 atom stereocenters. The highest BCUT2D eigenvalue weighted by Gasteiger charge is 1.92. The SMILES string of the molecule is COc1ccc(CN=Cc2ccccc2)cc1. The number of nitrogens with zero attached hydrogens (tertiary/aromatic N) is 1. The van der Waals surface area contributed by atoms with Crippen LogP contribution in [0, 0.1) is 0 Å². The van der Waals surface area contributed by atoms with Gasteiger partial charge in [-0.25, -0.2) is 0 Å². The maximum Gasteiger partial charge on any atom is 0.118 e. The van der Waals surface area contributed by atoms with E-state index in [9.17, 15) is 0 Å². The third kappa shape index (κ3) is 3.45. The van der Waals surface area contributed by atoms with Crippen LogP contribution in [-0.2, 0) is 6.54 Å². The smallest absolute Gasteiger partial charge is 0.118 e. The molecule has 0 saturated carbocycles. The lowest BCUT2D eigenvalue weighted by atomic mass is 10.2. The van der Waals surface area contributed by atoms with Gasteiger partial charge >= 0.3 is 0 Å². The molecule has 17 heavy (non-hydrogen) atoms. The summed E-state index contributed by atoms with van der Waals surface area (Å²) >= 11 is 0. The second kappa shape index (κ2) is 5.85. The highest BCUT2D eigenvalue weighted by atomic mass is 16.5. The van der Waals surface area contributed by atoms with E-state index in [-0.39, 0.29) is 0 Å². The van der Waals surface area contributed by atoms with Crippen LogP contribution in [0.5, 0.6) is 5.75 Å². The first-order valence-corrected chi connectivity index (χ1v) is 5.56. The third-order valence-corrected chi connectivity index (χ3v) is 2.47. The molecule has 2 aromatic carbocycles. The Labute approximate surface area is 102 Å². The van der Waals surface area contributed by atoms with Gasteiger partial charge in [-0.1, -0.05) is 42.5 Å². The first-order valence-electron chi connectivity index (χ1n) is 5.56. The number of rotatable bonds is 4. The standard InChI is InChI=1S/C15H15NO/c1-17-15-9-7-14(8-10-15)12-16-11-13-5-3-2-4-6-13/h2-11H,12H2,1H3. The van der Waals surface area contributed by atoms with Crippen LogP contribution in [0.2, 0.25) is 0 Å². The molecule has 0 aliphatic heterocycles. The van der Waals surface area contributed by atoms with E-state index < -0.39 is 0 Å². The van der Waals surface area contributed by atoms with Crippen molar-refractivity contribution in [3.8, 4) is 5.75 Å². The van der Waals surface area contributed by atoms with E-state index in [1.807, 2.05) is 60.8 Å². The molecule has 0 saturated heterocycles. The van der Waals surface area contributed by atoms with Crippen molar-refractivity contribution in [2.75, 3.05) is 7.11 Å². The number of benzene rings is 2. The molecule has 0 aromatic heterocycles. The molecule has 2 heteroatoms. The molecule has 2 aromatic rings. The van der Waals surface area contributed by atoms with Gasteiger partial charge < -0.3 is 4.74 Å². The zero-order valence-electron chi connectivity index (χ0n) is 9.84. The van der Waals surface area contributed by atoms with Crippen molar-refractivity contribution >= 4 is 6.21 Å². The molecular formula is C15H15NO. The maximum absolute atomic E-state index is 5.10. The van der Waals surface area contributed by atoms with Crippen molar-refractivity contribution in [1.29, 1.82) is 0 Å². The van der Waals surface area contributed by atoms with E-state index in [1.54, 1.807) is 7.11 Å². The van der Waals surface area contributed by atoms with Crippen molar-refractivity contribution in [1.82, 2.24) is 0 Å². The highest BCUT2D eigenvalue weighted by molar-refractivity contribution is 5.79. The van der Waals surface area contributed by atoms with Gasteiger partial charge in [-0.05, 0) is 23.3 Å². The quantitative estimate of drug-likeness (QED) is 0.731. The minimum absolute atomic E-state index is 0.693. The molecule has 0 aliphatic carbocycles. The molecule has 0 aliphatic rings. The number of methoxy groups -OCH3 is 1. The predicted molar refractivity (Wildman–Crippen MR) is 70.7 cm³/mol. The Morgan fingerprint density at radius 1 is 1.00 bits per heavy atom. The van der Waals surface area contributed by atoms with E-state index in [1.165, 1.54) is 5.56 Å². The molecule has 0 unspecified atom stereocenters. The molecular weight excluding hydrogens is 210 g/mol. The van der Waals surface area contributed by atoms with Crippen LogP contribution >= 0.6 is 0 Å². The van der Waals surface area contributed by atoms with E-state index >= 15 is 0 Å². The molecule has 0 radical (unpaired) electrons.